The fraction of sp³-hybridized carbons (Fsp3) is 0.294. The van der Waals surface area contributed by atoms with Crippen molar-refractivity contribution in [3.05, 3.63) is 71.0 Å². The minimum absolute atomic E-state index is 0.235. The molecule has 3 heteroatoms. The number of hydrogen-bond donors (Lipinski definition) is 1. The molecule has 2 aromatic rings. The van der Waals surface area contributed by atoms with Crippen molar-refractivity contribution in [3.8, 4) is 0 Å². The van der Waals surface area contributed by atoms with E-state index in [0.29, 0.717) is 12.2 Å². The number of benzene rings is 2. The fourth-order valence-electron chi connectivity index (χ4n) is 2.22. The molecule has 2 unspecified atom stereocenters. The fourth-order valence-corrected chi connectivity index (χ4v) is 2.22. The van der Waals surface area contributed by atoms with Gasteiger partial charge in [0.25, 0.3) is 0 Å². The highest BCUT2D eigenvalue weighted by molar-refractivity contribution is 5.29. The van der Waals surface area contributed by atoms with Crippen LogP contribution in [-0.2, 0) is 4.74 Å². The molecule has 2 rings (SSSR count). The van der Waals surface area contributed by atoms with Gasteiger partial charge in [0.2, 0.25) is 0 Å². The highest BCUT2D eigenvalue weighted by Gasteiger charge is 2.22. The molecular formula is C17H20FNO. The van der Waals surface area contributed by atoms with Gasteiger partial charge < -0.3 is 10.5 Å². The Hall–Kier alpha value is -1.71. The molecule has 0 spiro atoms. The van der Waals surface area contributed by atoms with Gasteiger partial charge in [-0.3, -0.25) is 0 Å². The average molecular weight is 273 g/mol. The predicted molar refractivity (Wildman–Crippen MR) is 78.9 cm³/mol. The van der Waals surface area contributed by atoms with Gasteiger partial charge in [0.1, 0.15) is 11.9 Å². The Morgan fingerprint density at radius 2 is 1.80 bits per heavy atom. The van der Waals surface area contributed by atoms with Gasteiger partial charge in [-0.15, -0.1) is 0 Å². The minimum Gasteiger partial charge on any atom is -0.372 e. The maximum absolute atomic E-state index is 13.7. The van der Waals surface area contributed by atoms with Gasteiger partial charge in [0.15, 0.2) is 0 Å². The summed E-state index contributed by atoms with van der Waals surface area (Å²) in [5.41, 5.74) is 8.65. The molecule has 106 valence electrons. The first-order valence-corrected chi connectivity index (χ1v) is 6.81. The lowest BCUT2D eigenvalue weighted by molar-refractivity contribution is 0.0429. The lowest BCUT2D eigenvalue weighted by atomic mass is 9.95. The second-order valence-electron chi connectivity index (χ2n) is 4.82. The van der Waals surface area contributed by atoms with Crippen LogP contribution < -0.4 is 5.73 Å². The van der Waals surface area contributed by atoms with E-state index >= 15 is 0 Å². The Kier molecular flexibility index (Phi) is 4.88. The Labute approximate surface area is 119 Å². The first-order chi connectivity index (χ1) is 9.63. The van der Waals surface area contributed by atoms with E-state index in [9.17, 15) is 4.39 Å². The van der Waals surface area contributed by atoms with E-state index in [1.54, 1.807) is 13.0 Å². The third-order valence-corrected chi connectivity index (χ3v) is 3.38. The number of hydrogen-bond acceptors (Lipinski definition) is 2. The van der Waals surface area contributed by atoms with Gasteiger partial charge >= 0.3 is 0 Å². The summed E-state index contributed by atoms with van der Waals surface area (Å²) < 4.78 is 19.5. The number of halogens is 1. The molecule has 0 aromatic heterocycles. The van der Waals surface area contributed by atoms with Gasteiger partial charge in [-0.25, -0.2) is 4.39 Å². The van der Waals surface area contributed by atoms with Crippen LogP contribution in [0.5, 0.6) is 0 Å². The third kappa shape index (κ3) is 3.24. The molecule has 20 heavy (non-hydrogen) atoms. The van der Waals surface area contributed by atoms with Crippen molar-refractivity contribution in [1.29, 1.82) is 0 Å². The third-order valence-electron chi connectivity index (χ3n) is 3.38. The molecule has 0 fully saturated rings. The summed E-state index contributed by atoms with van der Waals surface area (Å²) in [6.07, 6.45) is -0.275. The molecule has 0 saturated heterocycles. The van der Waals surface area contributed by atoms with E-state index in [4.69, 9.17) is 10.5 Å². The van der Waals surface area contributed by atoms with E-state index in [0.717, 1.165) is 11.1 Å². The van der Waals surface area contributed by atoms with Crippen molar-refractivity contribution in [2.45, 2.75) is 26.0 Å². The highest BCUT2D eigenvalue weighted by atomic mass is 19.1. The monoisotopic (exact) mass is 273 g/mol. The number of aryl methyl sites for hydroxylation is 1. The van der Waals surface area contributed by atoms with Gasteiger partial charge in [-0.1, -0.05) is 42.5 Å². The van der Waals surface area contributed by atoms with Gasteiger partial charge in [0.05, 0.1) is 6.04 Å². The summed E-state index contributed by atoms with van der Waals surface area (Å²) >= 11 is 0. The number of ether oxygens (including phenoxy) is 1. The molecule has 2 N–H and O–H groups in total. The van der Waals surface area contributed by atoms with Crippen molar-refractivity contribution in [2.75, 3.05) is 6.61 Å². The van der Waals surface area contributed by atoms with E-state index in [1.165, 1.54) is 6.07 Å². The van der Waals surface area contributed by atoms with Crippen molar-refractivity contribution in [2.24, 2.45) is 5.73 Å². The molecule has 0 radical (unpaired) electrons. The quantitative estimate of drug-likeness (QED) is 0.896. The number of nitrogens with two attached hydrogens (primary N) is 1. The van der Waals surface area contributed by atoms with Crippen molar-refractivity contribution in [3.63, 3.8) is 0 Å². The highest BCUT2D eigenvalue weighted by Crippen LogP contribution is 2.30. The first-order valence-electron chi connectivity index (χ1n) is 6.81. The molecule has 0 amide bonds. The molecule has 2 atom stereocenters. The van der Waals surface area contributed by atoms with Crippen LogP contribution in [0.2, 0.25) is 0 Å². The molecule has 2 aromatic carbocycles. The van der Waals surface area contributed by atoms with Crippen molar-refractivity contribution < 1.29 is 9.13 Å². The summed E-state index contributed by atoms with van der Waals surface area (Å²) in [5.74, 6) is -0.235. The van der Waals surface area contributed by atoms with Crippen LogP contribution in [0.25, 0.3) is 0 Å². The van der Waals surface area contributed by atoms with Crippen LogP contribution >= 0.6 is 0 Å². The Balaban J connectivity index is 2.31. The van der Waals surface area contributed by atoms with E-state index in [2.05, 4.69) is 0 Å². The van der Waals surface area contributed by atoms with E-state index in [-0.39, 0.29) is 11.9 Å². The summed E-state index contributed by atoms with van der Waals surface area (Å²) in [4.78, 5) is 0. The minimum atomic E-state index is -0.396. The number of rotatable bonds is 5. The summed E-state index contributed by atoms with van der Waals surface area (Å²) in [6, 6.07) is 14.5. The lowest BCUT2D eigenvalue weighted by Gasteiger charge is -2.25. The molecule has 0 bridgehead atoms. The maximum Gasteiger partial charge on any atom is 0.126 e. The summed E-state index contributed by atoms with van der Waals surface area (Å²) in [5, 5.41) is 0. The first kappa shape index (κ1) is 14.7. The molecular weight excluding hydrogens is 253 g/mol. The van der Waals surface area contributed by atoms with Crippen LogP contribution in [0.4, 0.5) is 4.39 Å². The van der Waals surface area contributed by atoms with Gasteiger partial charge in [0, 0.05) is 6.61 Å². The Morgan fingerprint density at radius 1 is 1.10 bits per heavy atom. The normalized spacial score (nSPS) is 14.0. The summed E-state index contributed by atoms with van der Waals surface area (Å²) in [6.45, 7) is 4.22. The van der Waals surface area contributed by atoms with Crippen LogP contribution in [0, 0.1) is 12.7 Å². The molecule has 2 nitrogen and oxygen atoms in total. The molecule has 0 saturated carbocycles. The van der Waals surface area contributed by atoms with Crippen LogP contribution in [0.1, 0.15) is 35.8 Å². The zero-order chi connectivity index (χ0) is 14.5. The average Bonchev–Trinajstić information content (AvgIpc) is 2.48. The van der Waals surface area contributed by atoms with Crippen LogP contribution in [0.15, 0.2) is 48.5 Å². The second-order valence-corrected chi connectivity index (χ2v) is 4.82. The predicted octanol–water partition coefficient (Wildman–Crippen LogP) is 3.91. The Bertz CT molecular complexity index is 556. The second kappa shape index (κ2) is 6.64. The van der Waals surface area contributed by atoms with Gasteiger partial charge in [-0.05, 0) is 36.6 Å². The van der Waals surface area contributed by atoms with Crippen molar-refractivity contribution >= 4 is 0 Å². The maximum atomic E-state index is 13.7. The zero-order valence-electron chi connectivity index (χ0n) is 11.8. The van der Waals surface area contributed by atoms with Crippen LogP contribution in [-0.4, -0.2) is 6.61 Å². The zero-order valence-corrected chi connectivity index (χ0v) is 11.8. The molecule has 0 aliphatic carbocycles. The van der Waals surface area contributed by atoms with Crippen molar-refractivity contribution in [1.82, 2.24) is 0 Å². The summed E-state index contributed by atoms with van der Waals surface area (Å²) in [7, 11) is 0. The largest absolute Gasteiger partial charge is 0.372 e. The molecule has 0 heterocycles. The smallest absolute Gasteiger partial charge is 0.126 e. The lowest BCUT2D eigenvalue weighted by Crippen LogP contribution is -2.22. The SMILES string of the molecule is CCOC(c1ccccc1)C(N)c1ccc(C)c(F)c1. The standard InChI is InChI=1S/C17H20FNO/c1-3-20-17(13-7-5-4-6-8-13)16(19)14-10-9-12(2)15(18)11-14/h4-11,16-17H,3,19H2,1-2H3. The topological polar surface area (TPSA) is 35.2 Å². The Morgan fingerprint density at radius 3 is 2.40 bits per heavy atom. The molecule has 0 aliphatic rings. The molecule has 0 aliphatic heterocycles. The van der Waals surface area contributed by atoms with Gasteiger partial charge in [-0.2, -0.15) is 0 Å². The van der Waals surface area contributed by atoms with E-state index < -0.39 is 6.04 Å². The van der Waals surface area contributed by atoms with E-state index in [1.807, 2.05) is 43.3 Å². The van der Waals surface area contributed by atoms with Crippen LogP contribution in [0.3, 0.4) is 0 Å².